The third-order valence-corrected chi connectivity index (χ3v) is 6.27. The number of carbonyl (C=O) groups is 3. The first-order valence-corrected chi connectivity index (χ1v) is 11.4. The Morgan fingerprint density at radius 1 is 0.906 bits per heavy atom. The van der Waals surface area contributed by atoms with Gasteiger partial charge in [-0.15, -0.1) is 0 Å². The summed E-state index contributed by atoms with van der Waals surface area (Å²) in [6.45, 7) is 3.59. The summed E-state index contributed by atoms with van der Waals surface area (Å²) in [6, 6.07) is 19.5. The highest BCUT2D eigenvalue weighted by Crippen LogP contribution is 2.35. The Kier molecular flexibility index (Phi) is 8.03. The maximum absolute atomic E-state index is 13.9. The van der Waals surface area contributed by atoms with E-state index < -0.39 is 5.54 Å². The van der Waals surface area contributed by atoms with Gasteiger partial charge in [0, 0.05) is 13.5 Å². The maximum atomic E-state index is 13.9. The molecule has 6 heteroatoms. The van der Waals surface area contributed by atoms with Crippen LogP contribution in [0.15, 0.2) is 60.7 Å². The fourth-order valence-electron chi connectivity index (χ4n) is 4.68. The van der Waals surface area contributed by atoms with Crippen molar-refractivity contribution in [3.8, 4) is 0 Å². The highest BCUT2D eigenvalue weighted by molar-refractivity contribution is 5.93. The van der Waals surface area contributed by atoms with Crippen molar-refractivity contribution in [3.63, 3.8) is 0 Å². The molecule has 1 aliphatic carbocycles. The van der Waals surface area contributed by atoms with Gasteiger partial charge in [-0.05, 0) is 30.9 Å². The van der Waals surface area contributed by atoms with Crippen LogP contribution in [0, 0.1) is 0 Å². The number of likely N-dealkylation sites (N-methyl/N-ethyl adjacent to an activating group) is 1. The number of amides is 3. The molecule has 0 heterocycles. The van der Waals surface area contributed by atoms with Crippen molar-refractivity contribution in [2.75, 3.05) is 13.1 Å². The van der Waals surface area contributed by atoms with Crippen LogP contribution in [0.5, 0.6) is 0 Å². The highest BCUT2D eigenvalue weighted by atomic mass is 16.2. The first-order chi connectivity index (χ1) is 15.5. The maximum Gasteiger partial charge on any atom is 0.246 e. The Morgan fingerprint density at radius 2 is 1.44 bits per heavy atom. The van der Waals surface area contributed by atoms with E-state index in [1.165, 1.54) is 6.92 Å². The molecule has 0 aromatic heterocycles. The summed E-state index contributed by atoms with van der Waals surface area (Å²) in [5, 5.41) is 5.86. The third kappa shape index (κ3) is 5.36. The molecular formula is C26H33N3O3. The molecule has 3 amide bonds. The van der Waals surface area contributed by atoms with Crippen LogP contribution in [0.3, 0.4) is 0 Å². The molecule has 0 atom stereocenters. The minimum atomic E-state index is -0.912. The summed E-state index contributed by atoms with van der Waals surface area (Å²) >= 11 is 0. The van der Waals surface area contributed by atoms with Gasteiger partial charge in [-0.1, -0.05) is 79.9 Å². The predicted molar refractivity (Wildman–Crippen MR) is 125 cm³/mol. The number of hydrogen-bond acceptors (Lipinski definition) is 3. The van der Waals surface area contributed by atoms with Crippen LogP contribution in [-0.2, 0) is 14.4 Å². The van der Waals surface area contributed by atoms with E-state index >= 15 is 0 Å². The number of benzene rings is 2. The molecule has 0 unspecified atom stereocenters. The Labute approximate surface area is 190 Å². The largest absolute Gasteiger partial charge is 0.347 e. The molecule has 1 fully saturated rings. The second kappa shape index (κ2) is 10.9. The molecule has 6 nitrogen and oxygen atoms in total. The van der Waals surface area contributed by atoms with E-state index in [2.05, 4.69) is 10.6 Å². The summed E-state index contributed by atoms with van der Waals surface area (Å²) in [5.74, 6) is -0.617. The number of carbonyl (C=O) groups excluding carboxylic acids is 3. The van der Waals surface area contributed by atoms with Gasteiger partial charge < -0.3 is 15.5 Å². The standard InChI is InChI=1S/C26H33N3O3/c1-3-29(23(31)19-27-20(2)30)26(17-11-6-12-18-26)25(32)28-24(21-13-7-4-8-14-21)22-15-9-5-10-16-22/h4-5,7-10,13-16,24H,3,6,11-12,17-19H2,1-2H3,(H,27,30)(H,28,32). The molecule has 3 rings (SSSR count). The van der Waals surface area contributed by atoms with Gasteiger partial charge in [0.05, 0.1) is 12.6 Å². The zero-order valence-electron chi connectivity index (χ0n) is 19.0. The first kappa shape index (κ1) is 23.5. The van der Waals surface area contributed by atoms with Crippen molar-refractivity contribution in [2.24, 2.45) is 0 Å². The van der Waals surface area contributed by atoms with E-state index in [1.807, 2.05) is 67.6 Å². The average molecular weight is 436 g/mol. The van der Waals surface area contributed by atoms with E-state index in [-0.39, 0.29) is 30.3 Å². The van der Waals surface area contributed by atoms with Crippen molar-refractivity contribution in [3.05, 3.63) is 71.8 Å². The summed E-state index contributed by atoms with van der Waals surface area (Å²) in [7, 11) is 0. The van der Waals surface area contributed by atoms with Gasteiger partial charge in [-0.25, -0.2) is 0 Å². The Bertz CT molecular complexity index is 869. The van der Waals surface area contributed by atoms with Crippen LogP contribution in [0.1, 0.15) is 63.1 Å². The fourth-order valence-corrected chi connectivity index (χ4v) is 4.68. The average Bonchev–Trinajstić information content (AvgIpc) is 2.83. The Hall–Kier alpha value is -3.15. The molecule has 2 aromatic rings. The zero-order chi connectivity index (χ0) is 23.0. The summed E-state index contributed by atoms with van der Waals surface area (Å²) in [4.78, 5) is 40.0. The van der Waals surface area contributed by atoms with Gasteiger partial charge >= 0.3 is 0 Å². The number of rotatable bonds is 8. The van der Waals surface area contributed by atoms with E-state index in [0.29, 0.717) is 19.4 Å². The lowest BCUT2D eigenvalue weighted by atomic mass is 9.78. The summed E-state index contributed by atoms with van der Waals surface area (Å²) < 4.78 is 0. The Morgan fingerprint density at radius 3 is 1.91 bits per heavy atom. The van der Waals surface area contributed by atoms with Gasteiger partial charge in [-0.2, -0.15) is 0 Å². The number of hydrogen-bond donors (Lipinski definition) is 2. The number of nitrogens with one attached hydrogen (secondary N) is 2. The third-order valence-electron chi connectivity index (χ3n) is 6.27. The molecule has 1 aliphatic rings. The molecule has 0 saturated heterocycles. The normalized spacial score (nSPS) is 15.1. The topological polar surface area (TPSA) is 78.5 Å². The molecule has 170 valence electrons. The van der Waals surface area contributed by atoms with Crippen LogP contribution < -0.4 is 10.6 Å². The van der Waals surface area contributed by atoms with E-state index in [1.54, 1.807) is 4.90 Å². The quantitative estimate of drug-likeness (QED) is 0.665. The van der Waals surface area contributed by atoms with Crippen molar-refractivity contribution < 1.29 is 14.4 Å². The van der Waals surface area contributed by atoms with Crippen molar-refractivity contribution in [1.82, 2.24) is 15.5 Å². The molecule has 1 saturated carbocycles. The van der Waals surface area contributed by atoms with Gasteiger partial charge in [0.1, 0.15) is 5.54 Å². The molecule has 2 aromatic carbocycles. The molecule has 0 spiro atoms. The minimum Gasteiger partial charge on any atom is -0.347 e. The van der Waals surface area contributed by atoms with Crippen LogP contribution >= 0.6 is 0 Å². The molecule has 0 bridgehead atoms. The van der Waals surface area contributed by atoms with Crippen LogP contribution in [0.4, 0.5) is 0 Å². The molecule has 0 radical (unpaired) electrons. The fraction of sp³-hybridized carbons (Fsp3) is 0.423. The van der Waals surface area contributed by atoms with Gasteiger partial charge in [0.25, 0.3) is 0 Å². The van der Waals surface area contributed by atoms with Crippen molar-refractivity contribution in [1.29, 1.82) is 0 Å². The smallest absolute Gasteiger partial charge is 0.246 e. The lowest BCUT2D eigenvalue weighted by molar-refractivity contribution is -0.150. The monoisotopic (exact) mass is 435 g/mol. The summed E-state index contributed by atoms with van der Waals surface area (Å²) in [6.07, 6.45) is 4.06. The molecule has 0 aliphatic heterocycles. The highest BCUT2D eigenvalue weighted by Gasteiger charge is 2.46. The van der Waals surface area contributed by atoms with E-state index in [4.69, 9.17) is 0 Å². The van der Waals surface area contributed by atoms with Crippen LogP contribution in [0.25, 0.3) is 0 Å². The lowest BCUT2D eigenvalue weighted by Crippen LogP contribution is -2.63. The molecule has 32 heavy (non-hydrogen) atoms. The SMILES string of the molecule is CCN(C(=O)CNC(C)=O)C1(C(=O)NC(c2ccccc2)c2ccccc2)CCCCC1. The number of nitrogens with zero attached hydrogens (tertiary/aromatic N) is 1. The van der Waals surface area contributed by atoms with Gasteiger partial charge in [0.2, 0.25) is 17.7 Å². The molecule has 2 N–H and O–H groups in total. The van der Waals surface area contributed by atoms with Crippen LogP contribution in [-0.4, -0.2) is 41.2 Å². The Balaban J connectivity index is 1.93. The van der Waals surface area contributed by atoms with Gasteiger partial charge in [-0.3, -0.25) is 14.4 Å². The van der Waals surface area contributed by atoms with Crippen molar-refractivity contribution in [2.45, 2.75) is 57.5 Å². The minimum absolute atomic E-state index is 0.0982. The summed E-state index contributed by atoms with van der Waals surface area (Å²) in [5.41, 5.74) is 1.07. The first-order valence-electron chi connectivity index (χ1n) is 11.4. The zero-order valence-corrected chi connectivity index (χ0v) is 19.0. The van der Waals surface area contributed by atoms with E-state index in [0.717, 1.165) is 30.4 Å². The van der Waals surface area contributed by atoms with Crippen molar-refractivity contribution >= 4 is 17.7 Å². The predicted octanol–water partition coefficient (Wildman–Crippen LogP) is 3.58. The lowest BCUT2D eigenvalue weighted by Gasteiger charge is -2.45. The van der Waals surface area contributed by atoms with E-state index in [9.17, 15) is 14.4 Å². The van der Waals surface area contributed by atoms with Crippen LogP contribution in [0.2, 0.25) is 0 Å². The molecular weight excluding hydrogens is 402 g/mol. The van der Waals surface area contributed by atoms with Gasteiger partial charge in [0.15, 0.2) is 0 Å². The second-order valence-electron chi connectivity index (χ2n) is 8.37. The second-order valence-corrected chi connectivity index (χ2v) is 8.37.